The number of nitrogens with one attached hydrogen (secondary N) is 1. The van der Waals surface area contributed by atoms with Gasteiger partial charge in [-0.2, -0.15) is 0 Å². The standard InChI is InChI=1S/C14H19N3O/c1-4-16-14(17-5-2)12-8-6-11(7-9-12)13(10-18)15-3/h4-9,13,15,18H,1,10H2,2-3H3/t13-/m0/s1. The molecule has 0 fully saturated rings. The van der Waals surface area contributed by atoms with Gasteiger partial charge in [-0.05, 0) is 19.5 Å². The number of hydrogen-bond donors (Lipinski definition) is 2. The first-order valence-electron chi connectivity index (χ1n) is 5.82. The van der Waals surface area contributed by atoms with Crippen LogP contribution < -0.4 is 5.32 Å². The Kier molecular flexibility index (Phi) is 5.97. The first-order chi connectivity index (χ1) is 8.76. The van der Waals surface area contributed by atoms with Crippen LogP contribution in [-0.2, 0) is 0 Å². The number of amidine groups is 1. The van der Waals surface area contributed by atoms with E-state index in [1.54, 1.807) is 6.21 Å². The molecule has 0 saturated heterocycles. The molecule has 0 saturated carbocycles. The molecule has 0 spiro atoms. The highest BCUT2D eigenvalue weighted by atomic mass is 16.3. The molecule has 96 valence electrons. The minimum atomic E-state index is -0.0477. The van der Waals surface area contributed by atoms with E-state index in [4.69, 9.17) is 0 Å². The Morgan fingerprint density at radius 3 is 2.56 bits per heavy atom. The highest BCUT2D eigenvalue weighted by Gasteiger charge is 2.08. The fraction of sp³-hybridized carbons (Fsp3) is 0.286. The number of rotatable bonds is 5. The molecule has 0 amide bonds. The highest BCUT2D eigenvalue weighted by molar-refractivity contribution is 6.03. The molecule has 0 aliphatic rings. The number of nitrogens with zero attached hydrogens (tertiary/aromatic N) is 2. The summed E-state index contributed by atoms with van der Waals surface area (Å²) >= 11 is 0. The van der Waals surface area contributed by atoms with Crippen molar-refractivity contribution in [1.82, 2.24) is 5.32 Å². The van der Waals surface area contributed by atoms with Gasteiger partial charge in [0.2, 0.25) is 0 Å². The SMILES string of the molecule is C=CN=C(N=CC)c1ccc([C@H](CO)NC)cc1. The molecule has 1 aromatic rings. The van der Waals surface area contributed by atoms with Crippen LogP contribution in [0.1, 0.15) is 24.1 Å². The van der Waals surface area contributed by atoms with Crippen LogP contribution in [0.3, 0.4) is 0 Å². The van der Waals surface area contributed by atoms with Gasteiger partial charge in [0, 0.05) is 18.0 Å². The monoisotopic (exact) mass is 245 g/mol. The fourth-order valence-electron chi connectivity index (χ4n) is 1.62. The van der Waals surface area contributed by atoms with Crippen molar-refractivity contribution in [3.05, 3.63) is 48.2 Å². The smallest absolute Gasteiger partial charge is 0.158 e. The van der Waals surface area contributed by atoms with Gasteiger partial charge in [-0.25, -0.2) is 9.98 Å². The van der Waals surface area contributed by atoms with Gasteiger partial charge < -0.3 is 10.4 Å². The lowest BCUT2D eigenvalue weighted by atomic mass is 10.1. The molecular formula is C14H19N3O. The molecule has 4 heteroatoms. The quantitative estimate of drug-likeness (QED) is 0.615. The third-order valence-electron chi connectivity index (χ3n) is 2.57. The molecule has 0 unspecified atom stereocenters. The van der Waals surface area contributed by atoms with E-state index < -0.39 is 0 Å². The number of likely N-dealkylation sites (N-methyl/N-ethyl adjacent to an activating group) is 1. The zero-order chi connectivity index (χ0) is 13.4. The van der Waals surface area contributed by atoms with Gasteiger partial charge in [0.05, 0.1) is 12.6 Å². The number of hydrogen-bond acceptors (Lipinski definition) is 3. The van der Waals surface area contributed by atoms with Crippen LogP contribution in [0.5, 0.6) is 0 Å². The maximum Gasteiger partial charge on any atom is 0.158 e. The van der Waals surface area contributed by atoms with Crippen LogP contribution in [0.15, 0.2) is 47.0 Å². The topological polar surface area (TPSA) is 57.0 Å². The van der Waals surface area contributed by atoms with Crippen LogP contribution in [0, 0.1) is 0 Å². The zero-order valence-electron chi connectivity index (χ0n) is 10.8. The summed E-state index contributed by atoms with van der Waals surface area (Å²) in [6.45, 7) is 5.49. The van der Waals surface area contributed by atoms with Crippen molar-refractivity contribution in [3.8, 4) is 0 Å². The van der Waals surface area contributed by atoms with Crippen LogP contribution in [0.25, 0.3) is 0 Å². The van der Waals surface area contributed by atoms with E-state index in [2.05, 4.69) is 21.9 Å². The first kappa shape index (κ1) is 14.3. The van der Waals surface area contributed by atoms with Crippen molar-refractivity contribution in [1.29, 1.82) is 0 Å². The molecule has 0 heterocycles. The largest absolute Gasteiger partial charge is 0.394 e. The van der Waals surface area contributed by atoms with Crippen molar-refractivity contribution in [2.45, 2.75) is 13.0 Å². The van der Waals surface area contributed by atoms with Gasteiger partial charge in [-0.15, -0.1) is 0 Å². The summed E-state index contributed by atoms with van der Waals surface area (Å²) in [5.74, 6) is 0.629. The first-order valence-corrected chi connectivity index (χ1v) is 5.82. The predicted molar refractivity (Wildman–Crippen MR) is 76.2 cm³/mol. The normalized spacial score (nSPS) is 13.8. The summed E-state index contributed by atoms with van der Waals surface area (Å²) in [5, 5.41) is 12.2. The summed E-state index contributed by atoms with van der Waals surface area (Å²) in [4.78, 5) is 8.30. The highest BCUT2D eigenvalue weighted by Crippen LogP contribution is 2.14. The molecule has 0 radical (unpaired) electrons. The Hall–Kier alpha value is -1.78. The molecule has 2 N–H and O–H groups in total. The van der Waals surface area contributed by atoms with E-state index in [1.165, 1.54) is 6.20 Å². The lowest BCUT2D eigenvalue weighted by molar-refractivity contribution is 0.251. The molecular weight excluding hydrogens is 226 g/mol. The average molecular weight is 245 g/mol. The second-order valence-corrected chi connectivity index (χ2v) is 3.67. The van der Waals surface area contributed by atoms with Crippen molar-refractivity contribution in [2.24, 2.45) is 9.98 Å². The van der Waals surface area contributed by atoms with Crippen LogP contribution in [0.4, 0.5) is 0 Å². The summed E-state index contributed by atoms with van der Waals surface area (Å²) in [6, 6.07) is 7.73. The molecule has 4 nitrogen and oxygen atoms in total. The molecule has 0 aromatic heterocycles. The van der Waals surface area contributed by atoms with Crippen LogP contribution in [-0.4, -0.2) is 30.8 Å². The molecule has 1 rings (SSSR count). The van der Waals surface area contributed by atoms with Gasteiger partial charge in [-0.1, -0.05) is 30.8 Å². The Morgan fingerprint density at radius 1 is 1.44 bits per heavy atom. The Bertz CT molecular complexity index is 431. The molecule has 0 aliphatic heterocycles. The maximum absolute atomic E-state index is 9.20. The van der Waals surface area contributed by atoms with E-state index in [1.807, 2.05) is 38.2 Å². The Labute approximate surface area is 108 Å². The Morgan fingerprint density at radius 2 is 2.11 bits per heavy atom. The van der Waals surface area contributed by atoms with E-state index in [0.29, 0.717) is 5.84 Å². The van der Waals surface area contributed by atoms with E-state index in [0.717, 1.165) is 11.1 Å². The van der Waals surface area contributed by atoms with Crippen molar-refractivity contribution in [2.75, 3.05) is 13.7 Å². The molecule has 0 bridgehead atoms. The van der Waals surface area contributed by atoms with Crippen LogP contribution in [0.2, 0.25) is 0 Å². The van der Waals surface area contributed by atoms with E-state index >= 15 is 0 Å². The molecule has 1 aromatic carbocycles. The van der Waals surface area contributed by atoms with Crippen molar-refractivity contribution in [3.63, 3.8) is 0 Å². The molecule has 1 atom stereocenters. The van der Waals surface area contributed by atoms with Crippen molar-refractivity contribution < 1.29 is 5.11 Å². The molecule has 0 aliphatic carbocycles. The number of aliphatic hydroxyl groups excluding tert-OH is 1. The third kappa shape index (κ3) is 3.61. The lowest BCUT2D eigenvalue weighted by Crippen LogP contribution is -2.19. The van der Waals surface area contributed by atoms with Crippen LogP contribution >= 0.6 is 0 Å². The maximum atomic E-state index is 9.20. The number of benzene rings is 1. The second kappa shape index (κ2) is 7.53. The van der Waals surface area contributed by atoms with Gasteiger partial charge in [0.15, 0.2) is 5.84 Å². The minimum Gasteiger partial charge on any atom is -0.394 e. The summed E-state index contributed by atoms with van der Waals surface area (Å²) in [6.07, 6.45) is 3.17. The number of aliphatic imine (C=N–C) groups is 2. The van der Waals surface area contributed by atoms with Gasteiger partial charge in [0.1, 0.15) is 0 Å². The van der Waals surface area contributed by atoms with Gasteiger partial charge in [0.25, 0.3) is 0 Å². The summed E-state index contributed by atoms with van der Waals surface area (Å²) in [7, 11) is 1.82. The summed E-state index contributed by atoms with van der Waals surface area (Å²) in [5.41, 5.74) is 1.95. The van der Waals surface area contributed by atoms with Crippen molar-refractivity contribution >= 4 is 12.1 Å². The number of aliphatic hydroxyl groups is 1. The third-order valence-corrected chi connectivity index (χ3v) is 2.57. The fourth-order valence-corrected chi connectivity index (χ4v) is 1.62. The Balaban J connectivity index is 3.00. The zero-order valence-corrected chi connectivity index (χ0v) is 10.8. The van der Waals surface area contributed by atoms with E-state index in [-0.39, 0.29) is 12.6 Å². The second-order valence-electron chi connectivity index (χ2n) is 3.67. The minimum absolute atomic E-state index is 0.0477. The predicted octanol–water partition coefficient (Wildman–Crippen LogP) is 1.92. The average Bonchev–Trinajstić information content (AvgIpc) is 2.41. The summed E-state index contributed by atoms with van der Waals surface area (Å²) < 4.78 is 0. The van der Waals surface area contributed by atoms with E-state index in [9.17, 15) is 5.11 Å². The van der Waals surface area contributed by atoms with Gasteiger partial charge in [-0.3, -0.25) is 0 Å². The van der Waals surface area contributed by atoms with Gasteiger partial charge >= 0.3 is 0 Å². The lowest BCUT2D eigenvalue weighted by Gasteiger charge is -2.13. The molecule has 18 heavy (non-hydrogen) atoms.